The summed E-state index contributed by atoms with van der Waals surface area (Å²) in [6.07, 6.45) is 0. The Hall–Kier alpha value is -2.58. The van der Waals surface area contributed by atoms with Crippen LogP contribution in [0.15, 0.2) is 60.7 Å². The average molecular weight is 424 g/mol. The molecular weight excluding hydrogens is 398 g/mol. The van der Waals surface area contributed by atoms with Gasteiger partial charge in [-0.3, -0.25) is 15.0 Å². The summed E-state index contributed by atoms with van der Waals surface area (Å²) in [5.41, 5.74) is 3.40. The summed E-state index contributed by atoms with van der Waals surface area (Å²) in [7, 11) is 0. The minimum absolute atomic E-state index is 0.149. The minimum Gasteiger partial charge on any atom is -0.379 e. The van der Waals surface area contributed by atoms with Crippen LogP contribution in [-0.4, -0.2) is 36.1 Å². The second-order valence-corrected chi connectivity index (χ2v) is 8.52. The second-order valence-electron chi connectivity index (χ2n) is 7.35. The van der Waals surface area contributed by atoms with E-state index in [1.807, 2.05) is 18.2 Å². The van der Waals surface area contributed by atoms with E-state index >= 15 is 0 Å². The molecule has 1 saturated heterocycles. The smallest absolute Gasteiger partial charge is 0.278 e. The molecule has 0 amide bonds. The fourth-order valence-electron chi connectivity index (χ4n) is 3.57. The molecule has 1 fully saturated rings. The molecule has 7 heteroatoms. The Morgan fingerprint density at radius 1 is 0.967 bits per heavy atom. The summed E-state index contributed by atoms with van der Waals surface area (Å²) in [5, 5.41) is 14.7. The van der Waals surface area contributed by atoms with E-state index in [-0.39, 0.29) is 10.6 Å². The summed E-state index contributed by atoms with van der Waals surface area (Å²) >= 11 is 1.59. The first-order chi connectivity index (χ1) is 14.7. The van der Waals surface area contributed by atoms with Crippen LogP contribution in [0.25, 0.3) is 10.4 Å². The maximum atomic E-state index is 11.3. The van der Waals surface area contributed by atoms with Crippen LogP contribution in [0.5, 0.6) is 0 Å². The van der Waals surface area contributed by atoms with Gasteiger partial charge in [-0.2, -0.15) is 0 Å². The molecule has 0 aliphatic carbocycles. The third kappa shape index (κ3) is 5.31. The standard InChI is InChI=1S/C23H25N3O3S/c27-26(28)22-4-2-1-3-21(22)23-10-9-20(30-23)16-24-15-18-5-7-19(8-6-18)17-25-11-13-29-14-12-25/h1-10,24H,11-17H2. The van der Waals surface area contributed by atoms with Crippen LogP contribution in [0.2, 0.25) is 0 Å². The van der Waals surface area contributed by atoms with Crippen LogP contribution < -0.4 is 5.32 Å². The lowest BCUT2D eigenvalue weighted by atomic mass is 10.1. The Kier molecular flexibility index (Phi) is 6.86. The minimum atomic E-state index is -0.324. The maximum absolute atomic E-state index is 11.3. The van der Waals surface area contributed by atoms with Gasteiger partial charge in [0.2, 0.25) is 0 Å². The Balaban J connectivity index is 1.29. The summed E-state index contributed by atoms with van der Waals surface area (Å²) in [6, 6.07) is 19.6. The molecule has 0 unspecified atom stereocenters. The molecule has 1 N–H and O–H groups in total. The molecule has 3 aromatic rings. The van der Waals surface area contributed by atoms with Gasteiger partial charge in [-0.05, 0) is 29.3 Å². The van der Waals surface area contributed by atoms with Gasteiger partial charge in [-0.1, -0.05) is 36.4 Å². The fourth-order valence-corrected chi connectivity index (χ4v) is 4.58. The van der Waals surface area contributed by atoms with Crippen molar-refractivity contribution in [3.63, 3.8) is 0 Å². The summed E-state index contributed by atoms with van der Waals surface area (Å²) in [5.74, 6) is 0. The number of thiophene rings is 1. The number of benzene rings is 2. The van der Waals surface area contributed by atoms with Crippen molar-refractivity contribution >= 4 is 17.0 Å². The summed E-state index contributed by atoms with van der Waals surface area (Å²) in [4.78, 5) is 15.4. The molecule has 6 nitrogen and oxygen atoms in total. The first-order valence-electron chi connectivity index (χ1n) is 10.1. The molecule has 4 rings (SSSR count). The van der Waals surface area contributed by atoms with Crippen LogP contribution >= 0.6 is 11.3 Å². The second kappa shape index (κ2) is 9.95. The molecule has 0 radical (unpaired) electrons. The first-order valence-corrected chi connectivity index (χ1v) is 10.9. The molecule has 1 aliphatic heterocycles. The van der Waals surface area contributed by atoms with Crippen LogP contribution in [0, 0.1) is 10.1 Å². The van der Waals surface area contributed by atoms with Crippen molar-refractivity contribution in [2.24, 2.45) is 0 Å². The molecule has 0 atom stereocenters. The predicted molar refractivity (Wildman–Crippen MR) is 119 cm³/mol. The van der Waals surface area contributed by atoms with Gasteiger partial charge in [-0.15, -0.1) is 11.3 Å². The topological polar surface area (TPSA) is 67.6 Å². The Morgan fingerprint density at radius 3 is 2.47 bits per heavy atom. The molecular formula is C23H25N3O3S. The molecule has 1 aromatic heterocycles. The third-order valence-corrected chi connectivity index (χ3v) is 6.31. The fraction of sp³-hybridized carbons (Fsp3) is 0.304. The number of nitrogens with zero attached hydrogens (tertiary/aromatic N) is 2. The normalized spacial score (nSPS) is 14.7. The highest BCUT2D eigenvalue weighted by Gasteiger charge is 2.15. The molecule has 0 bridgehead atoms. The van der Waals surface area contributed by atoms with Gasteiger partial charge >= 0.3 is 0 Å². The van der Waals surface area contributed by atoms with Crippen molar-refractivity contribution in [3.8, 4) is 10.4 Å². The molecule has 1 aliphatic rings. The van der Waals surface area contributed by atoms with E-state index in [4.69, 9.17) is 4.74 Å². The Morgan fingerprint density at radius 2 is 1.70 bits per heavy atom. The van der Waals surface area contributed by atoms with E-state index in [0.717, 1.165) is 55.7 Å². The molecule has 156 valence electrons. The van der Waals surface area contributed by atoms with E-state index in [0.29, 0.717) is 5.56 Å². The van der Waals surface area contributed by atoms with Crippen LogP contribution in [0.3, 0.4) is 0 Å². The van der Waals surface area contributed by atoms with Crippen molar-refractivity contribution in [1.82, 2.24) is 10.2 Å². The molecule has 2 aromatic carbocycles. The lowest BCUT2D eigenvalue weighted by molar-refractivity contribution is -0.384. The number of para-hydroxylation sites is 1. The lowest BCUT2D eigenvalue weighted by Gasteiger charge is -2.26. The van der Waals surface area contributed by atoms with Crippen molar-refractivity contribution in [2.45, 2.75) is 19.6 Å². The molecule has 2 heterocycles. The highest BCUT2D eigenvalue weighted by molar-refractivity contribution is 7.15. The number of hydrogen-bond donors (Lipinski definition) is 1. The quantitative estimate of drug-likeness (QED) is 0.428. The predicted octanol–water partition coefficient (Wildman–Crippen LogP) is 4.45. The summed E-state index contributed by atoms with van der Waals surface area (Å²) in [6.45, 7) is 6.14. The number of ether oxygens (including phenoxy) is 1. The van der Waals surface area contributed by atoms with Crippen molar-refractivity contribution in [3.05, 3.63) is 86.8 Å². The van der Waals surface area contributed by atoms with Gasteiger partial charge in [0, 0.05) is 48.5 Å². The zero-order valence-corrected chi connectivity index (χ0v) is 17.6. The van der Waals surface area contributed by atoms with Gasteiger partial charge in [0.25, 0.3) is 5.69 Å². The van der Waals surface area contributed by atoms with Gasteiger partial charge in [0.05, 0.1) is 23.7 Å². The van der Waals surface area contributed by atoms with Gasteiger partial charge in [0.1, 0.15) is 0 Å². The lowest BCUT2D eigenvalue weighted by Crippen LogP contribution is -2.35. The largest absolute Gasteiger partial charge is 0.379 e. The highest BCUT2D eigenvalue weighted by atomic mass is 32.1. The van der Waals surface area contributed by atoms with Crippen molar-refractivity contribution in [2.75, 3.05) is 26.3 Å². The zero-order valence-electron chi connectivity index (χ0n) is 16.8. The van der Waals surface area contributed by atoms with Crippen molar-refractivity contribution < 1.29 is 9.66 Å². The van der Waals surface area contributed by atoms with E-state index in [1.54, 1.807) is 29.5 Å². The van der Waals surface area contributed by atoms with Crippen molar-refractivity contribution in [1.29, 1.82) is 0 Å². The molecule has 0 saturated carbocycles. The number of nitro groups is 1. The van der Waals surface area contributed by atoms with E-state index < -0.39 is 0 Å². The highest BCUT2D eigenvalue weighted by Crippen LogP contribution is 2.34. The van der Waals surface area contributed by atoms with Gasteiger partial charge in [-0.25, -0.2) is 0 Å². The number of morpholine rings is 1. The first kappa shape index (κ1) is 20.7. The average Bonchev–Trinajstić information content (AvgIpc) is 3.24. The summed E-state index contributed by atoms with van der Waals surface area (Å²) < 4.78 is 5.40. The van der Waals surface area contributed by atoms with Crippen LogP contribution in [0.1, 0.15) is 16.0 Å². The number of hydrogen-bond acceptors (Lipinski definition) is 6. The Bertz CT molecular complexity index is 981. The zero-order chi connectivity index (χ0) is 20.8. The SMILES string of the molecule is O=[N+]([O-])c1ccccc1-c1ccc(CNCc2ccc(CN3CCOCC3)cc2)s1. The van der Waals surface area contributed by atoms with E-state index in [1.165, 1.54) is 11.1 Å². The number of nitrogens with one attached hydrogen (secondary N) is 1. The van der Waals surface area contributed by atoms with Crippen LogP contribution in [0.4, 0.5) is 5.69 Å². The number of rotatable bonds is 8. The Labute approximate surface area is 180 Å². The van der Waals surface area contributed by atoms with E-state index in [9.17, 15) is 10.1 Å². The number of nitro benzene ring substituents is 1. The maximum Gasteiger partial charge on any atom is 0.278 e. The molecule has 0 spiro atoms. The van der Waals surface area contributed by atoms with Gasteiger partial charge in [0.15, 0.2) is 0 Å². The third-order valence-electron chi connectivity index (χ3n) is 5.19. The monoisotopic (exact) mass is 423 g/mol. The molecule has 30 heavy (non-hydrogen) atoms. The van der Waals surface area contributed by atoms with E-state index in [2.05, 4.69) is 34.5 Å². The van der Waals surface area contributed by atoms with Gasteiger partial charge < -0.3 is 10.1 Å². The van der Waals surface area contributed by atoms with Crippen LogP contribution in [-0.2, 0) is 24.4 Å².